The molecule has 0 unspecified atom stereocenters. The predicted molar refractivity (Wildman–Crippen MR) is 99.0 cm³/mol. The molecule has 0 amide bonds. The monoisotopic (exact) mass is 385 g/mol. The van der Waals surface area contributed by atoms with Gasteiger partial charge in [0.2, 0.25) is 0 Å². The fraction of sp³-hybridized carbons (Fsp3) is 0.0526. The van der Waals surface area contributed by atoms with E-state index in [4.69, 9.17) is 11.6 Å². The van der Waals surface area contributed by atoms with Crippen LogP contribution in [-0.2, 0) is 0 Å². The second-order valence-electron chi connectivity index (χ2n) is 5.24. The Kier molecular flexibility index (Phi) is 4.60. The van der Waals surface area contributed by atoms with E-state index < -0.39 is 0 Å². The molecule has 0 aliphatic heterocycles. The first-order valence-corrected chi connectivity index (χ1v) is 8.25. The molecule has 0 radical (unpaired) electrons. The lowest BCUT2D eigenvalue weighted by molar-refractivity contribution is 0.104. The summed E-state index contributed by atoms with van der Waals surface area (Å²) in [6.07, 6.45) is 3.22. The summed E-state index contributed by atoms with van der Waals surface area (Å²) in [7, 11) is 0. The SMILES string of the molecule is Cc1ccc2cc(/C=C/C(=O)c3ccccc3Br)c(Cl)nc2c1. The second kappa shape index (κ2) is 6.65. The predicted octanol–water partition coefficient (Wildman–Crippen LogP) is 5.86. The van der Waals surface area contributed by atoms with Gasteiger partial charge in [0.05, 0.1) is 5.52 Å². The zero-order valence-electron chi connectivity index (χ0n) is 12.4. The summed E-state index contributed by atoms with van der Waals surface area (Å²) in [5.41, 5.74) is 3.32. The number of carbonyl (C=O) groups is 1. The van der Waals surface area contributed by atoms with Crippen molar-refractivity contribution in [2.24, 2.45) is 0 Å². The molecule has 1 heterocycles. The van der Waals surface area contributed by atoms with Crippen molar-refractivity contribution in [2.75, 3.05) is 0 Å². The average Bonchev–Trinajstić information content (AvgIpc) is 2.53. The molecular weight excluding hydrogens is 374 g/mol. The number of ketones is 1. The zero-order chi connectivity index (χ0) is 16.4. The summed E-state index contributed by atoms with van der Waals surface area (Å²) in [5, 5.41) is 1.38. The van der Waals surface area contributed by atoms with E-state index in [-0.39, 0.29) is 5.78 Å². The number of carbonyl (C=O) groups excluding carboxylic acids is 1. The van der Waals surface area contributed by atoms with Crippen LogP contribution in [0.4, 0.5) is 0 Å². The molecule has 3 aromatic rings. The van der Waals surface area contributed by atoms with Crippen LogP contribution in [0, 0.1) is 6.92 Å². The average molecular weight is 387 g/mol. The molecule has 0 bridgehead atoms. The molecule has 2 aromatic carbocycles. The molecule has 0 fully saturated rings. The molecule has 0 aliphatic rings. The molecule has 0 spiro atoms. The number of nitrogens with zero attached hydrogens (tertiary/aromatic N) is 1. The molecule has 4 heteroatoms. The van der Waals surface area contributed by atoms with Gasteiger partial charge in [-0.15, -0.1) is 0 Å². The normalized spacial score (nSPS) is 11.3. The van der Waals surface area contributed by atoms with Crippen LogP contribution in [0.25, 0.3) is 17.0 Å². The highest BCUT2D eigenvalue weighted by atomic mass is 79.9. The van der Waals surface area contributed by atoms with Gasteiger partial charge < -0.3 is 0 Å². The van der Waals surface area contributed by atoms with E-state index in [9.17, 15) is 4.79 Å². The van der Waals surface area contributed by atoms with Crippen molar-refractivity contribution in [2.45, 2.75) is 6.92 Å². The van der Waals surface area contributed by atoms with Crippen molar-refractivity contribution in [3.8, 4) is 0 Å². The standard InChI is InChI=1S/C19H13BrClNO/c1-12-6-7-13-11-14(19(21)22-17(13)10-12)8-9-18(23)15-4-2-3-5-16(15)20/h2-11H,1H3/b9-8+. The maximum absolute atomic E-state index is 12.3. The van der Waals surface area contributed by atoms with E-state index in [0.29, 0.717) is 10.7 Å². The Hall–Kier alpha value is -1.97. The van der Waals surface area contributed by atoms with Crippen LogP contribution >= 0.6 is 27.5 Å². The van der Waals surface area contributed by atoms with Crippen molar-refractivity contribution in [3.05, 3.63) is 80.9 Å². The van der Waals surface area contributed by atoms with Crippen molar-refractivity contribution in [1.29, 1.82) is 0 Å². The van der Waals surface area contributed by atoms with Gasteiger partial charge >= 0.3 is 0 Å². The van der Waals surface area contributed by atoms with E-state index in [1.54, 1.807) is 12.1 Å². The summed E-state index contributed by atoms with van der Waals surface area (Å²) in [6, 6.07) is 15.3. The lowest BCUT2D eigenvalue weighted by atomic mass is 10.1. The molecule has 23 heavy (non-hydrogen) atoms. The minimum atomic E-state index is -0.0856. The van der Waals surface area contributed by atoms with Gasteiger partial charge in [-0.2, -0.15) is 0 Å². The largest absolute Gasteiger partial charge is 0.289 e. The molecule has 114 valence electrons. The summed E-state index contributed by atoms with van der Waals surface area (Å²) >= 11 is 9.62. The third kappa shape index (κ3) is 3.52. The number of hydrogen-bond donors (Lipinski definition) is 0. The number of aryl methyl sites for hydroxylation is 1. The van der Waals surface area contributed by atoms with Gasteiger partial charge in [0.1, 0.15) is 5.15 Å². The number of rotatable bonds is 3. The maximum Gasteiger partial charge on any atom is 0.186 e. The van der Waals surface area contributed by atoms with Crippen LogP contribution in [0.3, 0.4) is 0 Å². The molecule has 0 saturated heterocycles. The lowest BCUT2D eigenvalue weighted by Gasteiger charge is -2.03. The quantitative estimate of drug-likeness (QED) is 0.321. The highest BCUT2D eigenvalue weighted by molar-refractivity contribution is 9.10. The second-order valence-corrected chi connectivity index (χ2v) is 6.45. The molecular formula is C19H13BrClNO. The minimum Gasteiger partial charge on any atom is -0.289 e. The Morgan fingerprint density at radius 3 is 2.74 bits per heavy atom. The summed E-state index contributed by atoms with van der Waals surface area (Å²) in [6.45, 7) is 2.01. The summed E-state index contributed by atoms with van der Waals surface area (Å²) < 4.78 is 0.771. The third-order valence-corrected chi connectivity index (χ3v) is 4.50. The highest BCUT2D eigenvalue weighted by Crippen LogP contribution is 2.23. The van der Waals surface area contributed by atoms with Crippen LogP contribution in [0.5, 0.6) is 0 Å². The van der Waals surface area contributed by atoms with Gasteiger partial charge in [-0.25, -0.2) is 4.98 Å². The van der Waals surface area contributed by atoms with Crippen LogP contribution < -0.4 is 0 Å². The Morgan fingerprint density at radius 1 is 1.17 bits per heavy atom. The van der Waals surface area contributed by atoms with E-state index in [1.165, 1.54) is 6.08 Å². The Morgan fingerprint density at radius 2 is 1.96 bits per heavy atom. The van der Waals surface area contributed by atoms with Crippen molar-refractivity contribution in [1.82, 2.24) is 4.98 Å². The number of halogens is 2. The number of pyridine rings is 1. The molecule has 0 saturated carbocycles. The van der Waals surface area contributed by atoms with Crippen LogP contribution in [0.1, 0.15) is 21.5 Å². The fourth-order valence-corrected chi connectivity index (χ4v) is 2.99. The van der Waals surface area contributed by atoms with E-state index in [1.807, 2.05) is 49.4 Å². The molecule has 0 aliphatic carbocycles. The first kappa shape index (κ1) is 15.9. The van der Waals surface area contributed by atoms with Crippen LogP contribution in [0.15, 0.2) is 59.1 Å². The first-order chi connectivity index (χ1) is 11.0. The van der Waals surface area contributed by atoms with Crippen molar-refractivity contribution >= 4 is 50.3 Å². The molecule has 3 rings (SSSR count). The Balaban J connectivity index is 1.95. The number of aromatic nitrogens is 1. The van der Waals surface area contributed by atoms with Crippen molar-refractivity contribution in [3.63, 3.8) is 0 Å². The smallest absolute Gasteiger partial charge is 0.186 e. The number of benzene rings is 2. The first-order valence-electron chi connectivity index (χ1n) is 7.08. The van der Waals surface area contributed by atoms with E-state index in [2.05, 4.69) is 20.9 Å². The third-order valence-electron chi connectivity index (χ3n) is 3.51. The topological polar surface area (TPSA) is 30.0 Å². The Bertz CT molecular complexity index is 934. The fourth-order valence-electron chi connectivity index (χ4n) is 2.30. The molecule has 1 aromatic heterocycles. The van der Waals surface area contributed by atoms with Gasteiger partial charge in [0.15, 0.2) is 5.78 Å². The molecule has 2 nitrogen and oxygen atoms in total. The number of hydrogen-bond acceptors (Lipinski definition) is 2. The van der Waals surface area contributed by atoms with Crippen LogP contribution in [-0.4, -0.2) is 10.8 Å². The molecule has 0 atom stereocenters. The molecule has 0 N–H and O–H groups in total. The van der Waals surface area contributed by atoms with Gasteiger partial charge in [-0.1, -0.05) is 51.8 Å². The summed E-state index contributed by atoms with van der Waals surface area (Å²) in [4.78, 5) is 16.7. The van der Waals surface area contributed by atoms with E-state index >= 15 is 0 Å². The van der Waals surface area contributed by atoms with Gasteiger partial charge in [-0.3, -0.25) is 4.79 Å². The lowest BCUT2D eigenvalue weighted by Crippen LogP contribution is -1.95. The van der Waals surface area contributed by atoms with Gasteiger partial charge in [-0.05, 0) is 48.9 Å². The van der Waals surface area contributed by atoms with E-state index in [0.717, 1.165) is 26.5 Å². The van der Waals surface area contributed by atoms with Gasteiger partial charge in [0.25, 0.3) is 0 Å². The number of allylic oxidation sites excluding steroid dienone is 1. The van der Waals surface area contributed by atoms with Gasteiger partial charge in [0, 0.05) is 21.0 Å². The Labute approximate surface area is 147 Å². The maximum atomic E-state index is 12.3. The minimum absolute atomic E-state index is 0.0856. The van der Waals surface area contributed by atoms with Crippen molar-refractivity contribution < 1.29 is 4.79 Å². The number of fused-ring (bicyclic) bond motifs is 1. The zero-order valence-corrected chi connectivity index (χ0v) is 14.7. The summed E-state index contributed by atoms with van der Waals surface area (Å²) in [5.74, 6) is -0.0856. The van der Waals surface area contributed by atoms with Crippen LogP contribution in [0.2, 0.25) is 5.15 Å². The highest BCUT2D eigenvalue weighted by Gasteiger charge is 2.07.